The number of carbonyl (C=O) groups is 1. The van der Waals surface area contributed by atoms with E-state index in [1.54, 1.807) is 56.1 Å². The molecule has 0 aromatic carbocycles. The van der Waals surface area contributed by atoms with Gasteiger partial charge >= 0.3 is 11.7 Å². The molecule has 11 nitrogen and oxygen atoms in total. The number of nitriles is 1. The number of hydrogen-bond acceptors (Lipinski definition) is 8. The topological polar surface area (TPSA) is 141 Å². The van der Waals surface area contributed by atoms with Crippen LogP contribution in [0.15, 0.2) is 63.7 Å². The maximum absolute atomic E-state index is 14.0. The molecule has 0 radical (unpaired) electrons. The van der Waals surface area contributed by atoms with Gasteiger partial charge in [-0.2, -0.15) is 10.4 Å². The first kappa shape index (κ1) is 30.3. The third-order valence-electron chi connectivity index (χ3n) is 6.38. The van der Waals surface area contributed by atoms with Crippen molar-refractivity contribution in [3.8, 4) is 11.1 Å². The van der Waals surface area contributed by atoms with Crippen molar-refractivity contribution in [2.75, 3.05) is 13.7 Å². The quantitative estimate of drug-likeness (QED) is 0.197. The molecule has 0 spiro atoms. The summed E-state index contributed by atoms with van der Waals surface area (Å²) in [7, 11) is 1.51. The summed E-state index contributed by atoms with van der Waals surface area (Å²) in [6.45, 7) is 11.9. The Morgan fingerprint density at radius 3 is 2.60 bits per heavy atom. The molecule has 0 amide bonds. The number of carboxylic acid groups (broad SMARTS) is 1. The lowest BCUT2D eigenvalue weighted by atomic mass is 10.0. The SMILES string of the molecule is C=C(C)/C=C(\C(=C/C)OC)[C@H](Cn1c(=O)n(C(C)(C)C(=O)O)c(=O)c2c(C)c(-n3cccn3)sc21)OCCC#N. The molecule has 0 aliphatic carbocycles. The van der Waals surface area contributed by atoms with E-state index in [4.69, 9.17) is 14.7 Å². The van der Waals surface area contributed by atoms with E-state index in [-0.39, 0.29) is 25.0 Å². The Morgan fingerprint density at radius 1 is 1.38 bits per heavy atom. The number of aromatic nitrogens is 4. The lowest BCUT2D eigenvalue weighted by molar-refractivity contribution is -0.146. The van der Waals surface area contributed by atoms with Gasteiger partial charge in [0.1, 0.15) is 27.2 Å². The summed E-state index contributed by atoms with van der Waals surface area (Å²) in [5.74, 6) is -0.855. The van der Waals surface area contributed by atoms with Crippen LogP contribution in [-0.2, 0) is 26.4 Å². The van der Waals surface area contributed by atoms with Crippen LogP contribution in [0.1, 0.15) is 39.7 Å². The molecule has 3 aromatic rings. The first-order valence-electron chi connectivity index (χ1n) is 12.5. The molecule has 212 valence electrons. The van der Waals surface area contributed by atoms with Gasteiger partial charge in [-0.1, -0.05) is 29.6 Å². The Hall–Kier alpha value is -4.21. The highest BCUT2D eigenvalue weighted by atomic mass is 32.1. The van der Waals surface area contributed by atoms with Crippen LogP contribution in [0.5, 0.6) is 0 Å². The number of ether oxygens (including phenoxy) is 2. The van der Waals surface area contributed by atoms with Crippen LogP contribution < -0.4 is 11.2 Å². The molecule has 3 rings (SSSR count). The van der Waals surface area contributed by atoms with E-state index < -0.39 is 28.9 Å². The number of allylic oxidation sites excluding steroid dienone is 3. The minimum atomic E-state index is -1.85. The van der Waals surface area contributed by atoms with Crippen LogP contribution in [0, 0.1) is 18.3 Å². The van der Waals surface area contributed by atoms with Crippen LogP contribution in [0.4, 0.5) is 0 Å². The normalized spacial score (nSPS) is 13.3. The van der Waals surface area contributed by atoms with Gasteiger partial charge in [-0.05, 0) is 46.8 Å². The van der Waals surface area contributed by atoms with Crippen LogP contribution >= 0.6 is 11.3 Å². The van der Waals surface area contributed by atoms with E-state index in [9.17, 15) is 19.5 Å². The summed E-state index contributed by atoms with van der Waals surface area (Å²) in [5.41, 5.74) is -1.53. The molecule has 0 bridgehead atoms. The van der Waals surface area contributed by atoms with Gasteiger partial charge in [0.2, 0.25) is 0 Å². The predicted octanol–water partition coefficient (Wildman–Crippen LogP) is 3.89. The van der Waals surface area contributed by atoms with Gasteiger partial charge < -0.3 is 14.6 Å². The third-order valence-corrected chi connectivity index (χ3v) is 7.68. The van der Waals surface area contributed by atoms with Crippen LogP contribution in [0.25, 0.3) is 15.2 Å². The zero-order chi connectivity index (χ0) is 29.8. The van der Waals surface area contributed by atoms with Gasteiger partial charge in [-0.25, -0.2) is 18.8 Å². The van der Waals surface area contributed by atoms with Crippen molar-refractivity contribution in [1.82, 2.24) is 18.9 Å². The molecule has 3 aromatic heterocycles. The second-order valence-corrected chi connectivity index (χ2v) is 10.6. The van der Waals surface area contributed by atoms with Crippen LogP contribution in [-0.4, -0.2) is 49.8 Å². The monoisotopic (exact) mass is 567 g/mol. The summed E-state index contributed by atoms with van der Waals surface area (Å²) in [6.07, 6.45) is 6.12. The average Bonchev–Trinajstić information content (AvgIpc) is 3.53. The standard InChI is InChI=1S/C28H33N5O6S/c1-8-20(38-7)19(15-17(2)3)21(39-14-9-11-29)16-31-25-22(18(4)24(40-25)32-13-10-12-30-32)23(34)33(27(31)37)28(5,6)26(35)36/h8,10,12-13,15,21H,2,9,14,16H2,1,3-7H3,(H,35,36)/b19-15+,20-8+/t21-/m0/s1. The van der Waals surface area contributed by atoms with E-state index >= 15 is 0 Å². The zero-order valence-corrected chi connectivity index (χ0v) is 24.2. The molecule has 0 aliphatic rings. The molecule has 0 fully saturated rings. The molecular formula is C28H33N5O6S. The second kappa shape index (κ2) is 12.3. The number of aliphatic carboxylic acids is 1. The summed E-state index contributed by atoms with van der Waals surface area (Å²) < 4.78 is 15.4. The minimum Gasteiger partial charge on any atom is -0.497 e. The Labute approximate surface area is 235 Å². The fourth-order valence-corrected chi connectivity index (χ4v) is 5.58. The lowest BCUT2D eigenvalue weighted by Crippen LogP contribution is -2.53. The number of aryl methyl sites for hydroxylation is 1. The van der Waals surface area contributed by atoms with Gasteiger partial charge in [0.05, 0.1) is 38.1 Å². The predicted molar refractivity (Wildman–Crippen MR) is 153 cm³/mol. The average molecular weight is 568 g/mol. The number of thiophene rings is 1. The van der Waals surface area contributed by atoms with Crippen LogP contribution in [0.3, 0.4) is 0 Å². The third kappa shape index (κ3) is 5.71. The number of rotatable bonds is 12. The van der Waals surface area contributed by atoms with Gasteiger partial charge in [0.25, 0.3) is 5.56 Å². The Kier molecular flexibility index (Phi) is 9.34. The van der Waals surface area contributed by atoms with Crippen LogP contribution in [0.2, 0.25) is 0 Å². The lowest BCUT2D eigenvalue weighted by Gasteiger charge is -2.26. The molecular weight excluding hydrogens is 534 g/mol. The van der Waals surface area contributed by atoms with Gasteiger partial charge in [-0.3, -0.25) is 9.36 Å². The molecule has 0 saturated carbocycles. The highest BCUT2D eigenvalue weighted by Gasteiger charge is 2.36. The fraction of sp³-hybridized carbons (Fsp3) is 0.393. The molecule has 40 heavy (non-hydrogen) atoms. The number of carboxylic acids is 1. The van der Waals surface area contributed by atoms with Crippen molar-refractivity contribution in [3.63, 3.8) is 0 Å². The molecule has 0 saturated heterocycles. The van der Waals surface area contributed by atoms with Crippen molar-refractivity contribution >= 4 is 27.5 Å². The van der Waals surface area contributed by atoms with Crippen molar-refractivity contribution < 1.29 is 19.4 Å². The largest absolute Gasteiger partial charge is 0.497 e. The van der Waals surface area contributed by atoms with Crippen molar-refractivity contribution in [3.05, 3.63) is 80.5 Å². The number of nitrogens with zero attached hydrogens (tertiary/aromatic N) is 5. The van der Waals surface area contributed by atoms with E-state index in [1.165, 1.54) is 36.9 Å². The van der Waals surface area contributed by atoms with Gasteiger partial charge in [0, 0.05) is 23.5 Å². The first-order valence-corrected chi connectivity index (χ1v) is 13.3. The summed E-state index contributed by atoms with van der Waals surface area (Å²) in [6, 6.07) is 3.78. The molecule has 0 aliphatic heterocycles. The molecule has 1 atom stereocenters. The van der Waals surface area contributed by atoms with E-state index in [0.717, 1.165) is 4.57 Å². The Bertz CT molecular complexity index is 1650. The summed E-state index contributed by atoms with van der Waals surface area (Å²) >= 11 is 1.19. The maximum Gasteiger partial charge on any atom is 0.333 e. The molecule has 3 heterocycles. The summed E-state index contributed by atoms with van der Waals surface area (Å²) in [4.78, 5) is 40.4. The smallest absolute Gasteiger partial charge is 0.333 e. The highest BCUT2D eigenvalue weighted by molar-refractivity contribution is 7.21. The van der Waals surface area contributed by atoms with E-state index in [2.05, 4.69) is 11.7 Å². The van der Waals surface area contributed by atoms with Gasteiger partial charge in [0.15, 0.2) is 0 Å². The molecule has 1 N–H and O–H groups in total. The molecule has 0 unspecified atom stereocenters. The number of methoxy groups -OCH3 is 1. The van der Waals surface area contributed by atoms with E-state index in [1.807, 2.05) is 6.07 Å². The minimum absolute atomic E-state index is 0.0650. The fourth-order valence-electron chi connectivity index (χ4n) is 4.34. The zero-order valence-electron chi connectivity index (χ0n) is 23.4. The Morgan fingerprint density at radius 2 is 2.08 bits per heavy atom. The summed E-state index contributed by atoms with van der Waals surface area (Å²) in [5, 5.41) is 24.2. The van der Waals surface area contributed by atoms with Crippen molar-refractivity contribution in [1.29, 1.82) is 5.26 Å². The van der Waals surface area contributed by atoms with Gasteiger partial charge in [-0.15, -0.1) is 0 Å². The first-order chi connectivity index (χ1) is 18.9. The number of hydrogen-bond donors (Lipinski definition) is 1. The second-order valence-electron chi connectivity index (χ2n) is 9.63. The maximum atomic E-state index is 14.0. The van der Waals surface area contributed by atoms with Crippen molar-refractivity contribution in [2.45, 2.75) is 59.2 Å². The Balaban J connectivity index is 2.42. The van der Waals surface area contributed by atoms with Crippen molar-refractivity contribution in [2.24, 2.45) is 0 Å². The molecule has 12 heteroatoms. The van der Waals surface area contributed by atoms with E-state index in [0.29, 0.717) is 32.3 Å². The highest BCUT2D eigenvalue weighted by Crippen LogP contribution is 2.32. The number of fused-ring (bicyclic) bond motifs is 1.